The first-order valence-corrected chi connectivity index (χ1v) is 13.7. The van der Waals surface area contributed by atoms with E-state index in [2.05, 4.69) is 5.32 Å². The predicted molar refractivity (Wildman–Crippen MR) is 131 cm³/mol. The van der Waals surface area contributed by atoms with Gasteiger partial charge in [-0.1, -0.05) is 18.2 Å². The van der Waals surface area contributed by atoms with Crippen molar-refractivity contribution in [2.45, 2.75) is 37.6 Å². The van der Waals surface area contributed by atoms with Crippen molar-refractivity contribution < 1.29 is 27.5 Å². The molecule has 0 aliphatic carbocycles. The van der Waals surface area contributed by atoms with Crippen molar-refractivity contribution in [1.29, 1.82) is 0 Å². The minimum atomic E-state index is -3.71. The van der Waals surface area contributed by atoms with E-state index in [1.54, 1.807) is 30.0 Å². The van der Waals surface area contributed by atoms with E-state index in [4.69, 9.17) is 10.5 Å². The fourth-order valence-electron chi connectivity index (χ4n) is 4.45. The van der Waals surface area contributed by atoms with Gasteiger partial charge in [0.15, 0.2) is 0 Å². The molecule has 0 radical (unpaired) electrons. The molecule has 1 aromatic heterocycles. The van der Waals surface area contributed by atoms with Crippen LogP contribution in [0.1, 0.15) is 40.6 Å². The Morgan fingerprint density at radius 2 is 1.94 bits per heavy atom. The molecule has 188 valence electrons. The third kappa shape index (κ3) is 5.19. The van der Waals surface area contributed by atoms with Gasteiger partial charge in [0, 0.05) is 24.5 Å². The second-order valence-corrected chi connectivity index (χ2v) is 11.5. The number of anilines is 1. The molecule has 0 bridgehead atoms. The lowest BCUT2D eigenvalue weighted by Gasteiger charge is -2.31. The standard InChI is InChI=1S/C23H28N4O6S2/c1-2-33-23(30)26-12-10-17-18(14-26)34-22(19(17)20(24)28)25-21(29)15-7-6-11-27(13-15)35(31,32)16-8-4-3-5-9-16/h3-5,8-9,15H,2,6-7,10-14H2,1H3,(H2,24,28)(H,25,29). The van der Waals surface area contributed by atoms with Crippen LogP contribution >= 0.6 is 11.3 Å². The van der Waals surface area contributed by atoms with Crippen LogP contribution in [0.2, 0.25) is 0 Å². The first-order valence-electron chi connectivity index (χ1n) is 11.4. The number of benzene rings is 1. The smallest absolute Gasteiger partial charge is 0.410 e. The maximum absolute atomic E-state index is 13.2. The summed E-state index contributed by atoms with van der Waals surface area (Å²) in [6.45, 7) is 3.03. The second kappa shape index (κ2) is 10.3. The van der Waals surface area contributed by atoms with E-state index in [9.17, 15) is 22.8 Å². The zero-order chi connectivity index (χ0) is 25.2. The Morgan fingerprint density at radius 3 is 2.63 bits per heavy atom. The lowest BCUT2D eigenvalue weighted by Crippen LogP contribution is -2.43. The topological polar surface area (TPSA) is 139 Å². The van der Waals surface area contributed by atoms with Crippen LogP contribution in [0, 0.1) is 5.92 Å². The van der Waals surface area contributed by atoms with Crippen LogP contribution in [0.5, 0.6) is 0 Å². The van der Waals surface area contributed by atoms with E-state index in [0.29, 0.717) is 37.4 Å². The number of hydrogen-bond donors (Lipinski definition) is 2. The minimum absolute atomic E-state index is 0.0523. The Kier molecular flexibility index (Phi) is 7.43. The summed E-state index contributed by atoms with van der Waals surface area (Å²) in [6.07, 6.45) is 1.06. The van der Waals surface area contributed by atoms with Gasteiger partial charge in [-0.15, -0.1) is 11.3 Å². The van der Waals surface area contributed by atoms with Crippen LogP contribution < -0.4 is 11.1 Å². The van der Waals surface area contributed by atoms with Gasteiger partial charge in [0.25, 0.3) is 5.91 Å². The highest BCUT2D eigenvalue weighted by molar-refractivity contribution is 7.89. The number of carbonyl (C=O) groups excluding carboxylic acids is 3. The van der Waals surface area contributed by atoms with Crippen LogP contribution in [0.15, 0.2) is 35.2 Å². The number of sulfonamides is 1. The average molecular weight is 521 g/mol. The van der Waals surface area contributed by atoms with Gasteiger partial charge >= 0.3 is 6.09 Å². The molecule has 2 aromatic rings. The molecule has 1 atom stereocenters. The molecule has 0 spiro atoms. The van der Waals surface area contributed by atoms with Gasteiger partial charge in [-0.25, -0.2) is 13.2 Å². The molecule has 1 aromatic carbocycles. The molecule has 3 heterocycles. The highest BCUT2D eigenvalue weighted by Crippen LogP contribution is 2.37. The number of hydrogen-bond acceptors (Lipinski definition) is 7. The number of fused-ring (bicyclic) bond motifs is 1. The first kappa shape index (κ1) is 25.1. The molecule has 3 amide bonds. The number of amides is 3. The Balaban J connectivity index is 1.51. The summed E-state index contributed by atoms with van der Waals surface area (Å²) in [6, 6.07) is 8.14. The van der Waals surface area contributed by atoms with Crippen molar-refractivity contribution in [3.8, 4) is 0 Å². The monoisotopic (exact) mass is 520 g/mol. The number of primary amides is 1. The summed E-state index contributed by atoms with van der Waals surface area (Å²) in [5.41, 5.74) is 6.63. The Hall–Kier alpha value is -2.96. The summed E-state index contributed by atoms with van der Waals surface area (Å²) in [4.78, 5) is 40.0. The number of piperidine rings is 1. The number of thiophene rings is 1. The van der Waals surface area contributed by atoms with Gasteiger partial charge in [0.05, 0.1) is 29.5 Å². The van der Waals surface area contributed by atoms with E-state index < -0.39 is 27.9 Å². The first-order chi connectivity index (χ1) is 16.7. The fraction of sp³-hybridized carbons (Fsp3) is 0.435. The largest absolute Gasteiger partial charge is 0.450 e. The van der Waals surface area contributed by atoms with E-state index >= 15 is 0 Å². The van der Waals surface area contributed by atoms with Gasteiger partial charge in [-0.05, 0) is 43.9 Å². The second-order valence-electron chi connectivity index (χ2n) is 8.45. The molecule has 4 rings (SSSR count). The molecule has 2 aliphatic heterocycles. The maximum atomic E-state index is 13.2. The number of rotatable bonds is 6. The van der Waals surface area contributed by atoms with E-state index in [0.717, 1.165) is 10.4 Å². The predicted octanol–water partition coefficient (Wildman–Crippen LogP) is 2.40. The summed E-state index contributed by atoms with van der Waals surface area (Å²) in [5.74, 6) is -1.58. The Bertz CT molecular complexity index is 1230. The van der Waals surface area contributed by atoms with Crippen LogP contribution in [-0.2, 0) is 32.5 Å². The molecule has 3 N–H and O–H groups in total. The summed E-state index contributed by atoms with van der Waals surface area (Å²) < 4.78 is 32.4. The van der Waals surface area contributed by atoms with Crippen molar-refractivity contribution in [2.75, 3.05) is 31.6 Å². The molecule has 12 heteroatoms. The van der Waals surface area contributed by atoms with Crippen molar-refractivity contribution in [3.05, 3.63) is 46.3 Å². The number of nitrogens with one attached hydrogen (secondary N) is 1. The molecular weight excluding hydrogens is 492 g/mol. The molecule has 1 fully saturated rings. The molecule has 10 nitrogen and oxygen atoms in total. The van der Waals surface area contributed by atoms with Gasteiger partial charge in [0.2, 0.25) is 15.9 Å². The lowest BCUT2D eigenvalue weighted by atomic mass is 9.98. The molecular formula is C23H28N4O6S2. The quantitative estimate of drug-likeness (QED) is 0.600. The van der Waals surface area contributed by atoms with Gasteiger partial charge in [-0.2, -0.15) is 4.31 Å². The zero-order valence-corrected chi connectivity index (χ0v) is 21.0. The maximum Gasteiger partial charge on any atom is 0.410 e. The number of carbonyl (C=O) groups is 3. The molecule has 0 saturated carbocycles. The normalized spacial score (nSPS) is 18.5. The molecule has 35 heavy (non-hydrogen) atoms. The highest BCUT2D eigenvalue weighted by Gasteiger charge is 2.35. The average Bonchev–Trinajstić information content (AvgIpc) is 3.22. The van der Waals surface area contributed by atoms with E-state index in [1.165, 1.54) is 27.8 Å². The van der Waals surface area contributed by atoms with Crippen LogP contribution in [0.4, 0.5) is 9.80 Å². The SMILES string of the molecule is CCOC(=O)N1CCc2c(sc(NC(=O)C3CCCN(S(=O)(=O)c4ccccc4)C3)c2C(N)=O)C1. The summed E-state index contributed by atoms with van der Waals surface area (Å²) >= 11 is 1.21. The molecule has 2 aliphatic rings. The summed E-state index contributed by atoms with van der Waals surface area (Å²) in [5, 5.41) is 3.16. The van der Waals surface area contributed by atoms with Crippen molar-refractivity contribution >= 4 is 44.3 Å². The minimum Gasteiger partial charge on any atom is -0.450 e. The van der Waals surface area contributed by atoms with Gasteiger partial charge < -0.3 is 20.7 Å². The van der Waals surface area contributed by atoms with Crippen molar-refractivity contribution in [2.24, 2.45) is 11.7 Å². The molecule has 1 saturated heterocycles. The fourth-order valence-corrected chi connectivity index (χ4v) is 7.27. The van der Waals surface area contributed by atoms with Gasteiger partial charge in [-0.3, -0.25) is 9.59 Å². The van der Waals surface area contributed by atoms with Crippen molar-refractivity contribution in [1.82, 2.24) is 9.21 Å². The van der Waals surface area contributed by atoms with Crippen LogP contribution in [0.3, 0.4) is 0 Å². The third-order valence-electron chi connectivity index (χ3n) is 6.20. The van der Waals surface area contributed by atoms with Gasteiger partial charge in [0.1, 0.15) is 5.00 Å². The molecule has 1 unspecified atom stereocenters. The Labute approximate surface area is 208 Å². The van der Waals surface area contributed by atoms with Crippen molar-refractivity contribution in [3.63, 3.8) is 0 Å². The van der Waals surface area contributed by atoms with Crippen LogP contribution in [0.25, 0.3) is 0 Å². The third-order valence-corrected chi connectivity index (χ3v) is 9.21. The van der Waals surface area contributed by atoms with E-state index in [1.807, 2.05) is 0 Å². The number of nitrogens with two attached hydrogens (primary N) is 1. The van der Waals surface area contributed by atoms with E-state index in [-0.39, 0.29) is 36.1 Å². The lowest BCUT2D eigenvalue weighted by molar-refractivity contribution is -0.120. The Morgan fingerprint density at radius 1 is 1.20 bits per heavy atom. The number of ether oxygens (including phenoxy) is 1. The zero-order valence-electron chi connectivity index (χ0n) is 19.4. The summed E-state index contributed by atoms with van der Waals surface area (Å²) in [7, 11) is -3.71. The van der Waals surface area contributed by atoms with Crippen LogP contribution in [-0.4, -0.2) is 61.8 Å². The highest BCUT2D eigenvalue weighted by atomic mass is 32.2. The number of nitrogens with zero attached hydrogens (tertiary/aromatic N) is 2.